The summed E-state index contributed by atoms with van der Waals surface area (Å²) in [7, 11) is 0. The van der Waals surface area contributed by atoms with Gasteiger partial charge in [0.1, 0.15) is 12.5 Å². The topological polar surface area (TPSA) is 35.2 Å². The lowest BCUT2D eigenvalue weighted by Gasteiger charge is -2.10. The summed E-state index contributed by atoms with van der Waals surface area (Å²) in [4.78, 5) is 0. The lowest BCUT2D eigenvalue weighted by molar-refractivity contribution is 0.332. The Balaban J connectivity index is 2.41. The molecule has 2 N–H and O–H groups in total. The third-order valence-electron chi connectivity index (χ3n) is 2.73. The first kappa shape index (κ1) is 8.63. The monoisotopic (exact) mass is 175 g/mol. The van der Waals surface area contributed by atoms with Crippen molar-refractivity contribution in [2.45, 2.75) is 19.6 Å². The van der Waals surface area contributed by atoms with Crippen LogP contribution in [0.4, 0.5) is 0 Å². The smallest absolute Gasteiger partial charge is 0.178 e. The van der Waals surface area contributed by atoms with Gasteiger partial charge in [0, 0.05) is 0 Å². The van der Waals surface area contributed by atoms with Gasteiger partial charge < -0.3 is 4.74 Å². The number of aryl methyl sites for hydroxylation is 1. The van der Waals surface area contributed by atoms with Crippen molar-refractivity contribution >= 4 is 12.2 Å². The van der Waals surface area contributed by atoms with Crippen LogP contribution in [0.2, 0.25) is 13.1 Å². The third kappa shape index (κ3) is 1.44. The van der Waals surface area contributed by atoms with E-state index in [1.807, 2.05) is 12.1 Å². The van der Waals surface area contributed by atoms with Crippen molar-refractivity contribution in [1.29, 1.82) is 0 Å². The minimum atomic E-state index is 0.267. The van der Waals surface area contributed by atoms with Crippen LogP contribution in [0.5, 0.6) is 5.75 Å². The predicted molar refractivity (Wildman–Crippen MR) is 55.9 cm³/mol. The Morgan fingerprint density at radius 3 is 3.15 bits per heavy atom. The first-order valence-electron chi connectivity index (χ1n) is 4.77. The number of hydrogen-bond acceptors (Lipinski definition) is 2. The molecule has 0 radical (unpaired) electrons. The maximum Gasteiger partial charge on any atom is 0.178 e. The highest BCUT2D eigenvalue weighted by molar-refractivity contribution is 6.74. The van der Waals surface area contributed by atoms with Crippen molar-refractivity contribution in [2.75, 3.05) is 6.73 Å². The molecule has 2 rings (SSSR count). The molecular weight excluding hydrogens is 161 g/mol. The van der Waals surface area contributed by atoms with E-state index in [2.05, 4.69) is 12.9 Å². The SMILES string of the molecule is CB1CCc2cccc(OCN)c21. The van der Waals surface area contributed by atoms with E-state index in [4.69, 9.17) is 10.5 Å². The molecule has 13 heavy (non-hydrogen) atoms. The molecule has 0 saturated carbocycles. The summed E-state index contributed by atoms with van der Waals surface area (Å²) >= 11 is 0. The molecule has 1 aromatic carbocycles. The lowest BCUT2D eigenvalue weighted by atomic mass is 9.48. The van der Waals surface area contributed by atoms with Crippen LogP contribution in [0, 0.1) is 0 Å². The number of rotatable bonds is 2. The fourth-order valence-corrected chi connectivity index (χ4v) is 2.10. The second kappa shape index (κ2) is 3.42. The summed E-state index contributed by atoms with van der Waals surface area (Å²) in [6.45, 7) is 3.14. The highest BCUT2D eigenvalue weighted by Crippen LogP contribution is 2.21. The minimum absolute atomic E-state index is 0.267. The summed E-state index contributed by atoms with van der Waals surface area (Å²) < 4.78 is 5.40. The largest absolute Gasteiger partial charge is 0.479 e. The standard InChI is InChI=1S/C10H14BNO/c1-11-6-5-8-3-2-4-9(10(8)11)13-7-12/h2-4H,5-7,12H2,1H3. The van der Waals surface area contributed by atoms with E-state index < -0.39 is 0 Å². The van der Waals surface area contributed by atoms with Crippen molar-refractivity contribution in [3.63, 3.8) is 0 Å². The van der Waals surface area contributed by atoms with Crippen molar-refractivity contribution in [1.82, 2.24) is 0 Å². The van der Waals surface area contributed by atoms with Crippen LogP contribution in [0.3, 0.4) is 0 Å². The molecule has 0 aliphatic carbocycles. The number of ether oxygens (including phenoxy) is 1. The second-order valence-electron chi connectivity index (χ2n) is 3.58. The fourth-order valence-electron chi connectivity index (χ4n) is 2.10. The van der Waals surface area contributed by atoms with Gasteiger partial charge in [0.2, 0.25) is 0 Å². The van der Waals surface area contributed by atoms with Gasteiger partial charge >= 0.3 is 0 Å². The minimum Gasteiger partial charge on any atom is -0.479 e. The summed E-state index contributed by atoms with van der Waals surface area (Å²) in [6.07, 6.45) is 2.42. The molecule has 1 aliphatic heterocycles. The molecule has 1 aliphatic rings. The molecule has 0 atom stereocenters. The molecule has 0 saturated heterocycles. The number of nitrogens with two attached hydrogens (primary N) is 1. The van der Waals surface area contributed by atoms with Gasteiger partial charge in [0.25, 0.3) is 0 Å². The van der Waals surface area contributed by atoms with Crippen LogP contribution in [0.1, 0.15) is 5.56 Å². The Morgan fingerprint density at radius 1 is 1.54 bits per heavy atom. The summed E-state index contributed by atoms with van der Waals surface area (Å²) in [5, 5.41) is 0. The van der Waals surface area contributed by atoms with E-state index in [-0.39, 0.29) is 6.73 Å². The first-order chi connectivity index (χ1) is 6.33. The summed E-state index contributed by atoms with van der Waals surface area (Å²) in [5.74, 6) is 0.977. The highest BCUT2D eigenvalue weighted by Gasteiger charge is 2.24. The Hall–Kier alpha value is -0.955. The van der Waals surface area contributed by atoms with E-state index in [1.165, 1.54) is 23.8 Å². The van der Waals surface area contributed by atoms with E-state index in [0.29, 0.717) is 6.71 Å². The predicted octanol–water partition coefficient (Wildman–Crippen LogP) is 0.869. The van der Waals surface area contributed by atoms with Crippen molar-refractivity contribution in [3.8, 4) is 5.75 Å². The fraction of sp³-hybridized carbons (Fsp3) is 0.400. The molecule has 1 heterocycles. The average Bonchev–Trinajstić information content (AvgIpc) is 2.50. The highest BCUT2D eigenvalue weighted by atomic mass is 16.5. The first-order valence-corrected chi connectivity index (χ1v) is 4.77. The molecule has 3 heteroatoms. The number of hydrogen-bond donors (Lipinski definition) is 1. The van der Waals surface area contributed by atoms with E-state index in [1.54, 1.807) is 0 Å². The Bertz CT molecular complexity index is 314. The maximum atomic E-state index is 5.40. The Morgan fingerprint density at radius 2 is 2.38 bits per heavy atom. The number of fused-ring (bicyclic) bond motifs is 1. The van der Waals surface area contributed by atoms with Gasteiger partial charge in [0.05, 0.1) is 0 Å². The van der Waals surface area contributed by atoms with Crippen LogP contribution < -0.4 is 15.9 Å². The zero-order chi connectivity index (χ0) is 9.26. The van der Waals surface area contributed by atoms with Crippen LogP contribution in [0.15, 0.2) is 18.2 Å². The Labute approximate surface area is 79.2 Å². The van der Waals surface area contributed by atoms with Gasteiger partial charge in [0.15, 0.2) is 6.71 Å². The summed E-state index contributed by atoms with van der Waals surface area (Å²) in [6, 6.07) is 6.23. The third-order valence-corrected chi connectivity index (χ3v) is 2.73. The van der Waals surface area contributed by atoms with Gasteiger partial charge in [-0.25, -0.2) is 0 Å². The van der Waals surface area contributed by atoms with Crippen LogP contribution in [-0.4, -0.2) is 13.4 Å². The van der Waals surface area contributed by atoms with Gasteiger partial charge in [-0.3, -0.25) is 5.73 Å². The van der Waals surface area contributed by atoms with Crippen LogP contribution in [0.25, 0.3) is 0 Å². The van der Waals surface area contributed by atoms with E-state index in [9.17, 15) is 0 Å². The molecule has 1 aromatic rings. The molecule has 0 spiro atoms. The van der Waals surface area contributed by atoms with Gasteiger partial charge in [-0.15, -0.1) is 0 Å². The normalized spacial score (nSPS) is 14.5. The second-order valence-corrected chi connectivity index (χ2v) is 3.58. The Kier molecular flexibility index (Phi) is 2.27. The van der Waals surface area contributed by atoms with Gasteiger partial charge in [-0.1, -0.05) is 30.8 Å². The quantitative estimate of drug-likeness (QED) is 0.534. The van der Waals surface area contributed by atoms with Crippen molar-refractivity contribution in [2.24, 2.45) is 5.73 Å². The zero-order valence-corrected chi connectivity index (χ0v) is 7.92. The van der Waals surface area contributed by atoms with Crippen molar-refractivity contribution < 1.29 is 4.74 Å². The molecule has 68 valence electrons. The average molecular weight is 175 g/mol. The summed E-state index contributed by atoms with van der Waals surface area (Å²) in [5.41, 5.74) is 8.18. The van der Waals surface area contributed by atoms with E-state index >= 15 is 0 Å². The van der Waals surface area contributed by atoms with Gasteiger partial charge in [-0.05, 0) is 17.9 Å². The molecule has 0 bridgehead atoms. The lowest BCUT2D eigenvalue weighted by Crippen LogP contribution is -2.26. The molecule has 0 fully saturated rings. The maximum absolute atomic E-state index is 5.40. The van der Waals surface area contributed by atoms with Crippen LogP contribution >= 0.6 is 0 Å². The molecule has 0 unspecified atom stereocenters. The number of benzene rings is 1. The molecule has 0 aromatic heterocycles. The van der Waals surface area contributed by atoms with Crippen molar-refractivity contribution in [3.05, 3.63) is 23.8 Å². The zero-order valence-electron chi connectivity index (χ0n) is 7.92. The van der Waals surface area contributed by atoms with Crippen LogP contribution in [-0.2, 0) is 6.42 Å². The van der Waals surface area contributed by atoms with Gasteiger partial charge in [-0.2, -0.15) is 0 Å². The molecule has 2 nitrogen and oxygen atoms in total. The molecular formula is C10H14BNO. The molecule has 0 amide bonds. The van der Waals surface area contributed by atoms with E-state index in [0.717, 1.165) is 5.75 Å².